The van der Waals surface area contributed by atoms with Gasteiger partial charge in [0, 0.05) is 36.6 Å². The zero-order chi connectivity index (χ0) is 24.4. The van der Waals surface area contributed by atoms with Crippen LogP contribution in [-0.2, 0) is 12.8 Å². The molecule has 0 spiro atoms. The highest BCUT2D eigenvalue weighted by Gasteiger charge is 2.32. The predicted octanol–water partition coefficient (Wildman–Crippen LogP) is 4.31. The zero-order valence-electron chi connectivity index (χ0n) is 19.3. The third kappa shape index (κ3) is 5.03. The summed E-state index contributed by atoms with van der Waals surface area (Å²) >= 11 is 0. The molecule has 1 atom stereocenters. The number of nitrogens with one attached hydrogen (secondary N) is 2. The first kappa shape index (κ1) is 23.0. The van der Waals surface area contributed by atoms with Gasteiger partial charge < -0.3 is 15.5 Å². The second kappa shape index (κ2) is 9.85. The van der Waals surface area contributed by atoms with Crippen molar-refractivity contribution < 1.29 is 18.4 Å². The van der Waals surface area contributed by atoms with Crippen molar-refractivity contribution in [2.24, 2.45) is 5.92 Å². The number of aromatic nitrogens is 2. The van der Waals surface area contributed by atoms with Crippen molar-refractivity contribution in [2.45, 2.75) is 32.1 Å². The fourth-order valence-corrected chi connectivity index (χ4v) is 4.95. The Bertz CT molecular complexity index is 1240. The third-order valence-corrected chi connectivity index (χ3v) is 6.64. The second-order valence-electron chi connectivity index (χ2n) is 9.12. The number of piperidine rings is 1. The zero-order valence-corrected chi connectivity index (χ0v) is 19.3. The van der Waals surface area contributed by atoms with Crippen molar-refractivity contribution in [1.82, 2.24) is 20.0 Å². The van der Waals surface area contributed by atoms with Crippen LogP contribution < -0.4 is 10.6 Å². The molecule has 2 N–H and O–H groups in total. The van der Waals surface area contributed by atoms with E-state index in [-0.39, 0.29) is 17.6 Å². The van der Waals surface area contributed by atoms with Crippen LogP contribution in [0.5, 0.6) is 0 Å². The van der Waals surface area contributed by atoms with E-state index in [1.807, 2.05) is 4.90 Å². The van der Waals surface area contributed by atoms with E-state index in [1.54, 1.807) is 22.9 Å². The number of hydrogen-bond donors (Lipinski definition) is 2. The SMILES string of the molecule is O=C(NC[C@H]1CCCN(C(=O)c2nn(-c3ccc(F)cc3)c3c2CCC3)C1)Nc1cccc(F)c1. The van der Waals surface area contributed by atoms with E-state index in [0.717, 1.165) is 49.0 Å². The molecule has 3 amide bonds. The summed E-state index contributed by atoms with van der Waals surface area (Å²) in [6, 6.07) is 11.4. The Hall–Kier alpha value is -3.75. The summed E-state index contributed by atoms with van der Waals surface area (Å²) in [6.45, 7) is 1.58. The number of nitrogens with zero attached hydrogens (tertiary/aromatic N) is 3. The maximum atomic E-state index is 13.5. The smallest absolute Gasteiger partial charge is 0.319 e. The standard InChI is InChI=1S/C26H27F2N5O2/c27-18-9-11-21(12-10-18)33-23-8-2-7-22(23)24(31-33)25(34)32-13-3-4-17(16-32)15-29-26(35)30-20-6-1-5-19(28)14-20/h1,5-6,9-12,14,17H,2-4,7-8,13,15-16H2,(H2,29,30,35)/t17-/m1/s1. The summed E-state index contributed by atoms with van der Waals surface area (Å²) in [5.74, 6) is -0.722. The first-order valence-corrected chi connectivity index (χ1v) is 11.9. The molecule has 1 saturated heterocycles. The Kier molecular flexibility index (Phi) is 6.48. The van der Waals surface area contributed by atoms with Crippen molar-refractivity contribution >= 4 is 17.6 Å². The van der Waals surface area contributed by atoms with E-state index < -0.39 is 11.8 Å². The molecule has 5 rings (SSSR count). The molecule has 1 aliphatic carbocycles. The van der Waals surface area contributed by atoms with Gasteiger partial charge in [0.2, 0.25) is 0 Å². The number of fused-ring (bicyclic) bond motifs is 1. The molecule has 0 saturated carbocycles. The quantitative estimate of drug-likeness (QED) is 0.572. The van der Waals surface area contributed by atoms with Crippen LogP contribution in [0.1, 0.15) is 41.0 Å². The molecule has 182 valence electrons. The fraction of sp³-hybridized carbons (Fsp3) is 0.346. The van der Waals surface area contributed by atoms with Gasteiger partial charge in [-0.15, -0.1) is 0 Å². The number of hydrogen-bond acceptors (Lipinski definition) is 3. The molecule has 2 aromatic carbocycles. The molecule has 0 radical (unpaired) electrons. The van der Waals surface area contributed by atoms with Gasteiger partial charge in [0.1, 0.15) is 11.6 Å². The Morgan fingerprint density at radius 1 is 1.03 bits per heavy atom. The maximum Gasteiger partial charge on any atom is 0.319 e. The average molecular weight is 480 g/mol. The summed E-state index contributed by atoms with van der Waals surface area (Å²) in [7, 11) is 0. The monoisotopic (exact) mass is 479 g/mol. The first-order chi connectivity index (χ1) is 17.0. The van der Waals surface area contributed by atoms with Crippen LogP contribution in [0.2, 0.25) is 0 Å². The van der Waals surface area contributed by atoms with Crippen molar-refractivity contribution in [3.63, 3.8) is 0 Å². The summed E-state index contributed by atoms with van der Waals surface area (Å²) < 4.78 is 28.5. The van der Waals surface area contributed by atoms with E-state index in [9.17, 15) is 18.4 Å². The number of likely N-dealkylation sites (tertiary alicyclic amines) is 1. The highest BCUT2D eigenvalue weighted by molar-refractivity contribution is 5.94. The lowest BCUT2D eigenvalue weighted by Crippen LogP contribution is -2.44. The second-order valence-corrected chi connectivity index (χ2v) is 9.12. The van der Waals surface area contributed by atoms with Crippen LogP contribution in [0.15, 0.2) is 48.5 Å². The van der Waals surface area contributed by atoms with Crippen molar-refractivity contribution in [1.29, 1.82) is 0 Å². The lowest BCUT2D eigenvalue weighted by molar-refractivity contribution is 0.0667. The van der Waals surface area contributed by atoms with Crippen LogP contribution in [0.25, 0.3) is 5.69 Å². The number of rotatable bonds is 5. The summed E-state index contributed by atoms with van der Waals surface area (Å²) in [5, 5.41) is 10.1. The molecule has 1 aliphatic heterocycles. The van der Waals surface area contributed by atoms with Crippen LogP contribution >= 0.6 is 0 Å². The molecular formula is C26H27F2N5O2. The van der Waals surface area contributed by atoms with Crippen molar-refractivity contribution in [3.8, 4) is 5.69 Å². The van der Waals surface area contributed by atoms with Crippen LogP contribution in [-0.4, -0.2) is 46.3 Å². The molecular weight excluding hydrogens is 452 g/mol. The minimum absolute atomic E-state index is 0.0991. The summed E-state index contributed by atoms with van der Waals surface area (Å²) in [5.41, 5.74) is 3.60. The van der Waals surface area contributed by atoms with Gasteiger partial charge in [-0.25, -0.2) is 18.3 Å². The minimum Gasteiger partial charge on any atom is -0.338 e. The number of benzene rings is 2. The topological polar surface area (TPSA) is 79.3 Å². The number of urea groups is 1. The van der Waals surface area contributed by atoms with Gasteiger partial charge in [-0.05, 0) is 80.5 Å². The molecule has 3 aromatic rings. The van der Waals surface area contributed by atoms with E-state index in [0.29, 0.717) is 31.0 Å². The Labute approximate surface area is 202 Å². The fourth-order valence-electron chi connectivity index (χ4n) is 4.95. The Balaban J connectivity index is 1.24. The molecule has 0 unspecified atom stereocenters. The van der Waals surface area contributed by atoms with E-state index >= 15 is 0 Å². The predicted molar refractivity (Wildman–Crippen MR) is 128 cm³/mol. The first-order valence-electron chi connectivity index (χ1n) is 11.9. The van der Waals surface area contributed by atoms with Gasteiger partial charge in [0.05, 0.1) is 5.69 Å². The van der Waals surface area contributed by atoms with Gasteiger partial charge >= 0.3 is 6.03 Å². The van der Waals surface area contributed by atoms with Crippen molar-refractivity contribution in [3.05, 3.63) is 77.1 Å². The largest absolute Gasteiger partial charge is 0.338 e. The molecule has 1 fully saturated rings. The van der Waals surface area contributed by atoms with E-state index in [2.05, 4.69) is 15.7 Å². The molecule has 7 nitrogen and oxygen atoms in total. The van der Waals surface area contributed by atoms with E-state index in [1.165, 1.54) is 30.3 Å². The molecule has 9 heteroatoms. The number of anilines is 1. The average Bonchev–Trinajstić information content (AvgIpc) is 3.46. The van der Waals surface area contributed by atoms with Gasteiger partial charge in [0.25, 0.3) is 5.91 Å². The summed E-state index contributed by atoms with van der Waals surface area (Å²) in [6.07, 6.45) is 4.33. The lowest BCUT2D eigenvalue weighted by Gasteiger charge is -2.32. The number of carbonyl (C=O) groups is 2. The molecule has 2 heterocycles. The summed E-state index contributed by atoms with van der Waals surface area (Å²) in [4.78, 5) is 27.5. The van der Waals surface area contributed by atoms with Gasteiger partial charge in [0.15, 0.2) is 5.69 Å². The number of halogens is 2. The highest BCUT2D eigenvalue weighted by Crippen LogP contribution is 2.29. The van der Waals surface area contributed by atoms with Crippen LogP contribution in [0.4, 0.5) is 19.3 Å². The lowest BCUT2D eigenvalue weighted by atomic mass is 9.97. The van der Waals surface area contributed by atoms with Gasteiger partial charge in [-0.2, -0.15) is 5.10 Å². The highest BCUT2D eigenvalue weighted by atomic mass is 19.1. The Morgan fingerprint density at radius 2 is 1.86 bits per heavy atom. The normalized spacial score (nSPS) is 17.2. The molecule has 1 aromatic heterocycles. The van der Waals surface area contributed by atoms with Crippen molar-refractivity contribution in [2.75, 3.05) is 25.0 Å². The Morgan fingerprint density at radius 3 is 2.66 bits per heavy atom. The van der Waals surface area contributed by atoms with Crippen LogP contribution in [0.3, 0.4) is 0 Å². The minimum atomic E-state index is -0.419. The maximum absolute atomic E-state index is 13.5. The third-order valence-electron chi connectivity index (χ3n) is 6.64. The molecule has 0 bridgehead atoms. The van der Waals surface area contributed by atoms with Crippen LogP contribution in [0, 0.1) is 17.6 Å². The van der Waals surface area contributed by atoms with Gasteiger partial charge in [-0.3, -0.25) is 4.79 Å². The number of carbonyl (C=O) groups excluding carboxylic acids is 2. The van der Waals surface area contributed by atoms with Gasteiger partial charge in [-0.1, -0.05) is 6.07 Å². The molecule has 2 aliphatic rings. The molecule has 35 heavy (non-hydrogen) atoms. The number of amides is 3. The van der Waals surface area contributed by atoms with E-state index in [4.69, 9.17) is 0 Å².